The van der Waals surface area contributed by atoms with Gasteiger partial charge in [-0.05, 0) is 133 Å². The summed E-state index contributed by atoms with van der Waals surface area (Å²) in [6, 6.07) is 85.9. The molecule has 0 fully saturated rings. The molecule has 14 rings (SSSR count). The second-order valence-electron chi connectivity index (χ2n) is 17.5. The van der Waals surface area contributed by atoms with Gasteiger partial charge < -0.3 is 0 Å². The normalized spacial score (nSPS) is 12.0. The molecule has 0 bridgehead atoms. The van der Waals surface area contributed by atoms with Gasteiger partial charge in [-0.15, -0.1) is 11.3 Å². The molecule has 0 amide bonds. The zero-order valence-corrected chi connectivity index (χ0v) is 36.2. The van der Waals surface area contributed by atoms with E-state index in [-0.39, 0.29) is 0 Å². The molecule has 14 aromatic rings. The molecule has 1 heteroatoms. The lowest BCUT2D eigenvalue weighted by Gasteiger charge is -2.18. The molecule has 0 spiro atoms. The predicted octanol–water partition coefficient (Wildman–Crippen LogP) is 18.8. The topological polar surface area (TPSA) is 0 Å². The number of hydrogen-bond acceptors (Lipinski definition) is 1. The van der Waals surface area contributed by atoms with E-state index in [0.717, 1.165) is 0 Å². The quantitative estimate of drug-likeness (QED) is 0.122. The fourth-order valence-corrected chi connectivity index (χ4v) is 12.4. The van der Waals surface area contributed by atoms with E-state index >= 15 is 0 Å². The zero-order valence-electron chi connectivity index (χ0n) is 35.3. The van der Waals surface area contributed by atoms with Crippen LogP contribution in [0.15, 0.2) is 231 Å². The number of benzene rings is 13. The number of hydrogen-bond donors (Lipinski definition) is 0. The summed E-state index contributed by atoms with van der Waals surface area (Å²) in [6.07, 6.45) is 0. The average molecular weight is 839 g/mol. The van der Waals surface area contributed by atoms with Gasteiger partial charge in [0.25, 0.3) is 0 Å². The lowest BCUT2D eigenvalue weighted by molar-refractivity contribution is 1.62. The SMILES string of the molecule is c1cc(-c2ccc3ccccc3c2)cc(-c2c3ccccc3c(-c3ccc(-c4cc5sc6c(ccc7c8ccccc8c8ccccc8c76)c5c5ccccc45)cc3)c3ccccc23)c1. The van der Waals surface area contributed by atoms with Crippen LogP contribution in [0.3, 0.4) is 0 Å². The van der Waals surface area contributed by atoms with Crippen molar-refractivity contribution in [3.05, 3.63) is 231 Å². The largest absolute Gasteiger partial charge is 0.134 e. The molecule has 0 aliphatic carbocycles. The first-order valence-corrected chi connectivity index (χ1v) is 23.3. The maximum absolute atomic E-state index is 2.46. The summed E-state index contributed by atoms with van der Waals surface area (Å²) in [5.41, 5.74) is 9.93. The van der Waals surface area contributed by atoms with Crippen molar-refractivity contribution in [3.8, 4) is 44.5 Å². The highest BCUT2D eigenvalue weighted by Crippen LogP contribution is 2.49. The van der Waals surface area contributed by atoms with Gasteiger partial charge in [-0.25, -0.2) is 0 Å². The molecule has 0 aliphatic rings. The average Bonchev–Trinajstić information content (AvgIpc) is 3.77. The van der Waals surface area contributed by atoms with Crippen LogP contribution in [0.1, 0.15) is 0 Å². The molecule has 0 atom stereocenters. The zero-order chi connectivity index (χ0) is 42.6. The molecule has 0 saturated carbocycles. The summed E-state index contributed by atoms with van der Waals surface area (Å²) in [7, 11) is 0. The van der Waals surface area contributed by atoms with E-state index in [4.69, 9.17) is 0 Å². The van der Waals surface area contributed by atoms with Crippen molar-refractivity contribution in [1.29, 1.82) is 0 Å². The Bertz CT molecular complexity index is 4190. The highest BCUT2D eigenvalue weighted by molar-refractivity contribution is 7.27. The Hall–Kier alpha value is -8.10. The molecule has 65 heavy (non-hydrogen) atoms. The molecule has 300 valence electrons. The van der Waals surface area contributed by atoms with Crippen molar-refractivity contribution >= 4 is 107 Å². The monoisotopic (exact) mass is 838 g/mol. The molecule has 1 heterocycles. The van der Waals surface area contributed by atoms with Gasteiger partial charge >= 0.3 is 0 Å². The first kappa shape index (κ1) is 36.4. The highest BCUT2D eigenvalue weighted by atomic mass is 32.1. The Morgan fingerprint density at radius 2 is 0.677 bits per heavy atom. The molecular weight excluding hydrogens is 801 g/mol. The molecule has 13 aromatic carbocycles. The van der Waals surface area contributed by atoms with Crippen molar-refractivity contribution in [3.63, 3.8) is 0 Å². The minimum Gasteiger partial charge on any atom is -0.134 e. The van der Waals surface area contributed by atoms with Crippen molar-refractivity contribution < 1.29 is 0 Å². The number of rotatable bonds is 4. The Morgan fingerprint density at radius 1 is 0.231 bits per heavy atom. The van der Waals surface area contributed by atoms with Crippen molar-refractivity contribution in [2.45, 2.75) is 0 Å². The van der Waals surface area contributed by atoms with Crippen molar-refractivity contribution in [2.75, 3.05) is 0 Å². The summed E-state index contributed by atoms with van der Waals surface area (Å²) in [6.45, 7) is 0. The first-order valence-electron chi connectivity index (χ1n) is 22.5. The van der Waals surface area contributed by atoms with Gasteiger partial charge in [0.05, 0.1) is 0 Å². The van der Waals surface area contributed by atoms with Gasteiger partial charge in [-0.3, -0.25) is 0 Å². The van der Waals surface area contributed by atoms with E-state index < -0.39 is 0 Å². The standard InChI is InChI=1S/C64H38S/c1-2-15-42-36-44(33-28-39(42)14-1)43-16-13-17-45(37-43)61-54-26-11-9-24-52(54)60(53-25-10-12-27-55(53)61)41-31-29-40(30-32-41)58-38-59-62(50-22-7-6-21-49(50)58)57-35-34-56-48-20-4-3-18-46(48)47-19-5-8-23-51(47)63(56)64(57)65-59/h1-38H. The third-order valence-corrected chi connectivity index (χ3v) is 15.2. The Balaban J connectivity index is 0.931. The van der Waals surface area contributed by atoms with Crippen LogP contribution in [0.5, 0.6) is 0 Å². The Labute approximate surface area is 379 Å². The Morgan fingerprint density at radius 3 is 1.34 bits per heavy atom. The number of thiophene rings is 1. The summed E-state index contributed by atoms with van der Waals surface area (Å²) in [5, 5.41) is 20.8. The van der Waals surface area contributed by atoms with Gasteiger partial charge in [0, 0.05) is 25.6 Å². The Kier molecular flexibility index (Phi) is 7.95. The van der Waals surface area contributed by atoms with Crippen molar-refractivity contribution in [2.24, 2.45) is 0 Å². The van der Waals surface area contributed by atoms with Crippen LogP contribution in [0.25, 0.3) is 140 Å². The smallest absolute Gasteiger partial charge is 0.0440 e. The van der Waals surface area contributed by atoms with E-state index in [2.05, 4.69) is 231 Å². The summed E-state index contributed by atoms with van der Waals surface area (Å²) >= 11 is 1.94. The van der Waals surface area contributed by atoms with Crippen LogP contribution >= 0.6 is 11.3 Å². The molecule has 1 aromatic heterocycles. The van der Waals surface area contributed by atoms with E-state index in [1.807, 2.05) is 11.3 Å². The predicted molar refractivity (Wildman–Crippen MR) is 284 cm³/mol. The number of fused-ring (bicyclic) bond motifs is 15. The molecule has 0 unspecified atom stereocenters. The fourth-order valence-electron chi connectivity index (χ4n) is 11.1. The van der Waals surface area contributed by atoms with E-state index in [0.29, 0.717) is 0 Å². The van der Waals surface area contributed by atoms with E-state index in [1.165, 1.54) is 140 Å². The summed E-state index contributed by atoms with van der Waals surface area (Å²) in [5.74, 6) is 0. The third kappa shape index (κ3) is 5.50. The summed E-state index contributed by atoms with van der Waals surface area (Å²) < 4.78 is 2.68. The van der Waals surface area contributed by atoms with Crippen LogP contribution in [-0.4, -0.2) is 0 Å². The molecule has 0 saturated heterocycles. The van der Waals surface area contributed by atoms with Crippen LogP contribution < -0.4 is 0 Å². The van der Waals surface area contributed by atoms with E-state index in [9.17, 15) is 0 Å². The highest BCUT2D eigenvalue weighted by Gasteiger charge is 2.20. The maximum Gasteiger partial charge on any atom is 0.0440 e. The molecule has 0 N–H and O–H groups in total. The summed E-state index contributed by atoms with van der Waals surface area (Å²) in [4.78, 5) is 0. The van der Waals surface area contributed by atoms with Gasteiger partial charge in [0.1, 0.15) is 0 Å². The fraction of sp³-hybridized carbons (Fsp3) is 0. The molecule has 0 nitrogen and oxygen atoms in total. The van der Waals surface area contributed by atoms with Crippen LogP contribution in [0.4, 0.5) is 0 Å². The lowest BCUT2D eigenvalue weighted by atomic mass is 9.85. The van der Waals surface area contributed by atoms with Gasteiger partial charge in [0.2, 0.25) is 0 Å². The van der Waals surface area contributed by atoms with Crippen LogP contribution in [0, 0.1) is 0 Å². The van der Waals surface area contributed by atoms with Crippen molar-refractivity contribution in [1.82, 2.24) is 0 Å². The van der Waals surface area contributed by atoms with Gasteiger partial charge in [-0.2, -0.15) is 0 Å². The maximum atomic E-state index is 2.46. The van der Waals surface area contributed by atoms with Crippen LogP contribution in [0.2, 0.25) is 0 Å². The third-order valence-electron chi connectivity index (χ3n) is 14.0. The minimum absolute atomic E-state index is 1.22. The second kappa shape index (κ2) is 14.2. The van der Waals surface area contributed by atoms with Crippen LogP contribution in [-0.2, 0) is 0 Å². The van der Waals surface area contributed by atoms with Gasteiger partial charge in [0.15, 0.2) is 0 Å². The molecule has 0 aliphatic heterocycles. The van der Waals surface area contributed by atoms with E-state index in [1.54, 1.807) is 0 Å². The lowest BCUT2D eigenvalue weighted by Crippen LogP contribution is -1.91. The molecular formula is C64H38S. The first-order chi connectivity index (χ1) is 32.2. The minimum atomic E-state index is 1.22. The van der Waals surface area contributed by atoms with Gasteiger partial charge in [-0.1, -0.05) is 212 Å². The second-order valence-corrected chi connectivity index (χ2v) is 18.5. The molecule has 0 radical (unpaired) electrons.